The van der Waals surface area contributed by atoms with Gasteiger partial charge in [0.15, 0.2) is 0 Å². The summed E-state index contributed by atoms with van der Waals surface area (Å²) in [6.45, 7) is 5.19. The number of pyridine rings is 1. The lowest BCUT2D eigenvalue weighted by molar-refractivity contribution is 0.0694. The zero-order valence-electron chi connectivity index (χ0n) is 15.0. The number of hydrogen-bond donors (Lipinski definition) is 1. The number of carboxylic acids is 1. The molecule has 26 heavy (non-hydrogen) atoms. The Hall–Kier alpha value is -2.41. The fourth-order valence-corrected chi connectivity index (χ4v) is 4.16. The number of aryl methyl sites for hydroxylation is 1. The van der Waals surface area contributed by atoms with Crippen molar-refractivity contribution in [3.8, 4) is 0 Å². The second-order valence-corrected chi connectivity index (χ2v) is 7.34. The zero-order chi connectivity index (χ0) is 18.6. The minimum absolute atomic E-state index is 0.0644. The number of hydrogen-bond acceptors (Lipinski definition) is 4. The number of rotatable bonds is 2. The fraction of sp³-hybridized carbons (Fsp3) is 0.474. The van der Waals surface area contributed by atoms with Gasteiger partial charge in [-0.05, 0) is 32.9 Å². The normalized spacial score (nSPS) is 20.6. The van der Waals surface area contributed by atoms with Gasteiger partial charge in [-0.15, -0.1) is 0 Å². The first-order valence-electron chi connectivity index (χ1n) is 8.95. The van der Waals surface area contributed by atoms with Gasteiger partial charge < -0.3 is 19.5 Å². The van der Waals surface area contributed by atoms with Crippen LogP contribution in [0, 0.1) is 5.82 Å². The predicted molar refractivity (Wildman–Crippen MR) is 97.9 cm³/mol. The van der Waals surface area contributed by atoms with Crippen LogP contribution in [0.2, 0.25) is 0 Å². The molecule has 1 aromatic carbocycles. The van der Waals surface area contributed by atoms with Gasteiger partial charge in [0.25, 0.3) is 0 Å². The monoisotopic (exact) mass is 359 g/mol. The number of carboxylic acid groups (broad SMARTS) is 1. The predicted octanol–water partition coefficient (Wildman–Crippen LogP) is 2.10. The van der Waals surface area contributed by atoms with E-state index >= 15 is 4.39 Å². The number of nitrogens with zero attached hydrogens (tertiary/aromatic N) is 3. The maximum Gasteiger partial charge on any atom is 0.341 e. The van der Waals surface area contributed by atoms with Crippen LogP contribution in [0.25, 0.3) is 10.9 Å². The molecule has 1 fully saturated rings. The summed E-state index contributed by atoms with van der Waals surface area (Å²) in [5, 5.41) is 9.52. The van der Waals surface area contributed by atoms with Crippen molar-refractivity contribution in [1.29, 1.82) is 0 Å². The van der Waals surface area contributed by atoms with Crippen molar-refractivity contribution in [1.82, 2.24) is 9.47 Å². The molecule has 1 saturated heterocycles. The third-order valence-electron chi connectivity index (χ3n) is 5.68. The van der Waals surface area contributed by atoms with E-state index in [1.54, 1.807) is 0 Å². The number of anilines is 1. The number of piperazine rings is 1. The topological polar surface area (TPSA) is 65.8 Å². The van der Waals surface area contributed by atoms with Gasteiger partial charge in [-0.25, -0.2) is 9.18 Å². The molecule has 2 aromatic rings. The van der Waals surface area contributed by atoms with Crippen LogP contribution >= 0.6 is 0 Å². The van der Waals surface area contributed by atoms with Gasteiger partial charge in [0, 0.05) is 49.4 Å². The molecular formula is C19H22FN3O3. The average Bonchev–Trinajstić information content (AvgIpc) is 2.60. The lowest BCUT2D eigenvalue weighted by Gasteiger charge is -2.37. The molecule has 7 heteroatoms. The Kier molecular flexibility index (Phi) is 3.99. The third kappa shape index (κ3) is 2.49. The molecule has 0 unspecified atom stereocenters. The van der Waals surface area contributed by atoms with Crippen LogP contribution in [0.15, 0.2) is 17.1 Å². The highest BCUT2D eigenvalue weighted by atomic mass is 19.1. The first kappa shape index (κ1) is 17.0. The molecule has 4 rings (SSSR count). The molecule has 0 saturated carbocycles. The first-order chi connectivity index (χ1) is 12.4. The Bertz CT molecular complexity index is 961. The van der Waals surface area contributed by atoms with Crippen molar-refractivity contribution in [3.05, 3.63) is 39.4 Å². The highest BCUT2D eigenvalue weighted by Crippen LogP contribution is 2.38. The molecule has 0 amide bonds. The van der Waals surface area contributed by atoms with Crippen LogP contribution in [0.5, 0.6) is 0 Å². The average molecular weight is 359 g/mol. The van der Waals surface area contributed by atoms with Crippen molar-refractivity contribution in [3.63, 3.8) is 0 Å². The van der Waals surface area contributed by atoms with Crippen molar-refractivity contribution in [2.75, 3.05) is 38.1 Å². The molecule has 1 aromatic heterocycles. The number of likely N-dealkylation sites (N-methyl/N-ethyl adjacent to an activating group) is 1. The summed E-state index contributed by atoms with van der Waals surface area (Å²) < 4.78 is 16.9. The molecule has 2 aliphatic rings. The van der Waals surface area contributed by atoms with E-state index in [1.165, 1.54) is 12.3 Å². The van der Waals surface area contributed by atoms with Crippen LogP contribution < -0.4 is 10.3 Å². The summed E-state index contributed by atoms with van der Waals surface area (Å²) in [4.78, 5) is 28.3. The Morgan fingerprint density at radius 2 is 1.96 bits per heavy atom. The van der Waals surface area contributed by atoms with Gasteiger partial charge in [0.05, 0.1) is 11.2 Å². The van der Waals surface area contributed by atoms with Gasteiger partial charge in [-0.2, -0.15) is 0 Å². The quantitative estimate of drug-likeness (QED) is 0.890. The van der Waals surface area contributed by atoms with Crippen LogP contribution in [0.1, 0.15) is 35.3 Å². The smallest absolute Gasteiger partial charge is 0.341 e. The van der Waals surface area contributed by atoms with Gasteiger partial charge in [-0.1, -0.05) is 0 Å². The number of carbonyl (C=O) groups is 1. The van der Waals surface area contributed by atoms with E-state index in [1.807, 2.05) is 18.5 Å². The number of halogens is 1. The van der Waals surface area contributed by atoms with Crippen LogP contribution in [-0.2, 0) is 6.42 Å². The van der Waals surface area contributed by atoms with Crippen LogP contribution in [-0.4, -0.2) is 53.8 Å². The molecule has 0 aliphatic carbocycles. The van der Waals surface area contributed by atoms with E-state index in [0.717, 1.165) is 38.2 Å². The first-order valence-corrected chi connectivity index (χ1v) is 8.95. The molecule has 1 N–H and O–H groups in total. The minimum Gasteiger partial charge on any atom is -0.477 e. The molecule has 1 atom stereocenters. The van der Waals surface area contributed by atoms with E-state index in [4.69, 9.17) is 0 Å². The van der Waals surface area contributed by atoms with E-state index in [2.05, 4.69) is 9.80 Å². The molecule has 138 valence electrons. The summed E-state index contributed by atoms with van der Waals surface area (Å²) >= 11 is 0. The standard InChI is InChI=1S/C19H22FN3O3/c1-11-3-4-12-16-13(18(24)14(19(25)26)10-23(11)16)9-15(20)17(12)22-7-5-21(2)6-8-22/h9-11H,3-8H2,1-2H3,(H,25,26)/t11-/m0/s1. The SMILES string of the molecule is C[C@H]1CCc2c(N3CCN(C)CC3)c(F)cc3c(=O)c(C(=O)O)cn1c23. The van der Waals surface area contributed by atoms with E-state index in [0.29, 0.717) is 17.6 Å². The number of aromatic nitrogens is 1. The van der Waals surface area contributed by atoms with E-state index < -0.39 is 17.2 Å². The van der Waals surface area contributed by atoms with E-state index in [-0.39, 0.29) is 17.0 Å². The maximum absolute atomic E-state index is 15.1. The molecule has 6 nitrogen and oxygen atoms in total. The van der Waals surface area contributed by atoms with Crippen molar-refractivity contribution in [2.45, 2.75) is 25.8 Å². The van der Waals surface area contributed by atoms with Crippen molar-refractivity contribution < 1.29 is 14.3 Å². The summed E-state index contributed by atoms with van der Waals surface area (Å²) in [6.07, 6.45) is 2.89. The minimum atomic E-state index is -1.27. The molecular weight excluding hydrogens is 337 g/mol. The summed E-state index contributed by atoms with van der Waals surface area (Å²) in [5.74, 6) is -1.71. The van der Waals surface area contributed by atoms with Gasteiger partial charge in [0.1, 0.15) is 11.4 Å². The molecule has 0 radical (unpaired) electrons. The summed E-state index contributed by atoms with van der Waals surface area (Å²) in [6, 6.07) is 1.30. The summed E-state index contributed by atoms with van der Waals surface area (Å²) in [7, 11) is 2.05. The van der Waals surface area contributed by atoms with Crippen LogP contribution in [0.3, 0.4) is 0 Å². The molecule has 0 bridgehead atoms. The van der Waals surface area contributed by atoms with Gasteiger partial charge >= 0.3 is 5.97 Å². The van der Waals surface area contributed by atoms with E-state index in [9.17, 15) is 14.7 Å². The third-order valence-corrected chi connectivity index (χ3v) is 5.68. The summed E-state index contributed by atoms with van der Waals surface area (Å²) in [5.41, 5.74) is 1.19. The van der Waals surface area contributed by atoms with Gasteiger partial charge in [0.2, 0.25) is 5.43 Å². The van der Waals surface area contributed by atoms with Crippen molar-refractivity contribution in [2.24, 2.45) is 0 Å². The Balaban J connectivity index is 2.00. The lowest BCUT2D eigenvalue weighted by Crippen LogP contribution is -2.45. The second kappa shape index (κ2) is 6.09. The number of aromatic carboxylic acids is 1. The highest BCUT2D eigenvalue weighted by Gasteiger charge is 2.29. The lowest BCUT2D eigenvalue weighted by atomic mass is 9.93. The molecule has 2 aliphatic heterocycles. The Morgan fingerprint density at radius 1 is 1.27 bits per heavy atom. The highest BCUT2D eigenvalue weighted by molar-refractivity contribution is 5.95. The second-order valence-electron chi connectivity index (χ2n) is 7.34. The Morgan fingerprint density at radius 3 is 2.62 bits per heavy atom. The molecule has 3 heterocycles. The fourth-order valence-electron chi connectivity index (χ4n) is 4.16. The Labute approximate surface area is 150 Å². The van der Waals surface area contributed by atoms with Gasteiger partial charge in [-0.3, -0.25) is 4.79 Å². The largest absolute Gasteiger partial charge is 0.477 e. The maximum atomic E-state index is 15.1. The molecule has 0 spiro atoms. The van der Waals surface area contributed by atoms with Crippen molar-refractivity contribution >= 4 is 22.6 Å². The van der Waals surface area contributed by atoms with Crippen LogP contribution in [0.4, 0.5) is 10.1 Å². The number of benzene rings is 1. The zero-order valence-corrected chi connectivity index (χ0v) is 15.0.